The van der Waals surface area contributed by atoms with Crippen molar-refractivity contribution in [2.24, 2.45) is 0 Å². The van der Waals surface area contributed by atoms with Crippen molar-refractivity contribution in [2.75, 3.05) is 25.1 Å². The summed E-state index contributed by atoms with van der Waals surface area (Å²) in [6, 6.07) is 17.4. The van der Waals surface area contributed by atoms with Gasteiger partial charge in [-0.15, -0.1) is 0 Å². The van der Waals surface area contributed by atoms with E-state index in [-0.39, 0.29) is 0 Å². The molecule has 6 heteroatoms. The maximum atomic E-state index is 5.21. The van der Waals surface area contributed by atoms with Crippen molar-refractivity contribution in [1.82, 2.24) is 20.1 Å². The maximum Gasteiger partial charge on any atom is 0.138 e. The summed E-state index contributed by atoms with van der Waals surface area (Å²) in [5, 5.41) is 7.86. The van der Waals surface area contributed by atoms with Crippen LogP contribution in [-0.4, -0.2) is 41.0 Å². The first-order valence-corrected chi connectivity index (χ1v) is 9.38. The lowest BCUT2D eigenvalue weighted by Crippen LogP contribution is -2.42. The number of methoxy groups -OCH3 is 1. The van der Waals surface area contributed by atoms with Gasteiger partial charge in [0.05, 0.1) is 12.8 Å². The molecular formula is C21H25N5O. The first kappa shape index (κ1) is 17.5. The molecule has 1 aliphatic heterocycles. The number of rotatable bonds is 6. The van der Waals surface area contributed by atoms with Crippen LogP contribution in [-0.2, 0) is 6.54 Å². The topological polar surface area (TPSA) is 55.2 Å². The predicted octanol–water partition coefficient (Wildman–Crippen LogP) is 3.03. The largest absolute Gasteiger partial charge is 0.497 e. The van der Waals surface area contributed by atoms with Crippen LogP contribution in [0.4, 0.5) is 5.69 Å². The third kappa shape index (κ3) is 4.28. The fourth-order valence-electron chi connectivity index (χ4n) is 3.51. The van der Waals surface area contributed by atoms with E-state index in [0.717, 1.165) is 43.9 Å². The Kier molecular flexibility index (Phi) is 5.34. The van der Waals surface area contributed by atoms with Crippen LogP contribution in [0, 0.1) is 0 Å². The monoisotopic (exact) mass is 363 g/mol. The van der Waals surface area contributed by atoms with E-state index in [2.05, 4.69) is 56.7 Å². The lowest BCUT2D eigenvalue weighted by molar-refractivity contribution is 0.410. The zero-order valence-electron chi connectivity index (χ0n) is 15.6. The van der Waals surface area contributed by atoms with Crippen LogP contribution in [0.5, 0.6) is 5.75 Å². The van der Waals surface area contributed by atoms with Gasteiger partial charge in [0.15, 0.2) is 0 Å². The third-order valence-electron chi connectivity index (χ3n) is 5.15. The standard InChI is InChI=1S/C21H25N5O/c1-27-21-8-2-17(3-9-21)14-23-18-10-12-25(13-11-18)19-4-6-20(7-5-19)26-16-22-15-24-26/h2-9,15-16,18,23H,10-14H2,1H3. The molecule has 0 bridgehead atoms. The van der Waals surface area contributed by atoms with Gasteiger partial charge >= 0.3 is 0 Å². The summed E-state index contributed by atoms with van der Waals surface area (Å²) in [5.74, 6) is 0.905. The minimum absolute atomic E-state index is 0.567. The van der Waals surface area contributed by atoms with Gasteiger partial charge in [0.25, 0.3) is 0 Å². The summed E-state index contributed by atoms with van der Waals surface area (Å²) >= 11 is 0. The van der Waals surface area contributed by atoms with Crippen LogP contribution in [0.3, 0.4) is 0 Å². The second-order valence-corrected chi connectivity index (χ2v) is 6.85. The Morgan fingerprint density at radius 3 is 2.33 bits per heavy atom. The highest BCUT2D eigenvalue weighted by Gasteiger charge is 2.19. The summed E-state index contributed by atoms with van der Waals surface area (Å²) < 4.78 is 6.99. The molecule has 3 aromatic rings. The highest BCUT2D eigenvalue weighted by atomic mass is 16.5. The lowest BCUT2D eigenvalue weighted by atomic mass is 10.0. The van der Waals surface area contributed by atoms with E-state index >= 15 is 0 Å². The van der Waals surface area contributed by atoms with Gasteiger partial charge in [-0.3, -0.25) is 0 Å². The summed E-state index contributed by atoms with van der Waals surface area (Å²) in [6.07, 6.45) is 5.58. The zero-order chi connectivity index (χ0) is 18.5. The molecule has 2 aromatic carbocycles. The van der Waals surface area contributed by atoms with Gasteiger partial charge in [0.1, 0.15) is 18.4 Å². The van der Waals surface area contributed by atoms with Crippen LogP contribution < -0.4 is 15.0 Å². The Morgan fingerprint density at radius 1 is 1.00 bits per heavy atom. The van der Waals surface area contributed by atoms with Gasteiger partial charge in [-0.25, -0.2) is 9.67 Å². The van der Waals surface area contributed by atoms with E-state index in [1.54, 1.807) is 24.4 Å². The summed E-state index contributed by atoms with van der Waals surface area (Å²) in [4.78, 5) is 6.45. The molecule has 1 aliphatic rings. The van der Waals surface area contributed by atoms with Gasteiger partial charge in [-0.05, 0) is 54.8 Å². The number of benzene rings is 2. The average molecular weight is 363 g/mol. The molecule has 27 heavy (non-hydrogen) atoms. The van der Waals surface area contributed by atoms with Crippen molar-refractivity contribution in [3.8, 4) is 11.4 Å². The van der Waals surface area contributed by atoms with Gasteiger partial charge < -0.3 is 15.0 Å². The van der Waals surface area contributed by atoms with E-state index in [4.69, 9.17) is 4.74 Å². The molecule has 1 aromatic heterocycles. The molecule has 2 heterocycles. The molecule has 0 amide bonds. The Balaban J connectivity index is 1.27. The van der Waals surface area contributed by atoms with E-state index in [9.17, 15) is 0 Å². The molecule has 1 saturated heterocycles. The molecule has 0 spiro atoms. The van der Waals surface area contributed by atoms with E-state index in [0.29, 0.717) is 6.04 Å². The number of aromatic nitrogens is 3. The van der Waals surface area contributed by atoms with Crippen LogP contribution in [0.2, 0.25) is 0 Å². The number of nitrogens with one attached hydrogen (secondary N) is 1. The highest BCUT2D eigenvalue weighted by Crippen LogP contribution is 2.22. The molecule has 0 unspecified atom stereocenters. The number of piperidine rings is 1. The fraction of sp³-hybridized carbons (Fsp3) is 0.333. The van der Waals surface area contributed by atoms with Crippen LogP contribution in [0.15, 0.2) is 61.2 Å². The van der Waals surface area contributed by atoms with Gasteiger partial charge in [-0.1, -0.05) is 12.1 Å². The van der Waals surface area contributed by atoms with Gasteiger partial charge in [0, 0.05) is 31.4 Å². The molecule has 0 saturated carbocycles. The summed E-state index contributed by atoms with van der Waals surface area (Å²) in [5.41, 5.74) is 3.60. The van der Waals surface area contributed by atoms with E-state index in [1.807, 2.05) is 12.1 Å². The van der Waals surface area contributed by atoms with E-state index < -0.39 is 0 Å². The number of hydrogen-bond acceptors (Lipinski definition) is 5. The smallest absolute Gasteiger partial charge is 0.138 e. The predicted molar refractivity (Wildman–Crippen MR) is 106 cm³/mol. The molecule has 140 valence electrons. The molecule has 1 N–H and O–H groups in total. The Bertz CT molecular complexity index is 822. The minimum atomic E-state index is 0.567. The fourth-order valence-corrected chi connectivity index (χ4v) is 3.51. The third-order valence-corrected chi connectivity index (χ3v) is 5.15. The lowest BCUT2D eigenvalue weighted by Gasteiger charge is -2.34. The molecule has 6 nitrogen and oxygen atoms in total. The first-order chi connectivity index (χ1) is 13.3. The molecule has 4 rings (SSSR count). The summed E-state index contributed by atoms with van der Waals surface area (Å²) in [7, 11) is 1.70. The highest BCUT2D eigenvalue weighted by molar-refractivity contribution is 5.51. The van der Waals surface area contributed by atoms with Crippen molar-refractivity contribution < 1.29 is 4.74 Å². The van der Waals surface area contributed by atoms with Crippen molar-refractivity contribution in [2.45, 2.75) is 25.4 Å². The van der Waals surface area contributed by atoms with Crippen molar-refractivity contribution in [3.05, 3.63) is 66.7 Å². The van der Waals surface area contributed by atoms with Crippen LogP contribution >= 0.6 is 0 Å². The second kappa shape index (κ2) is 8.22. The first-order valence-electron chi connectivity index (χ1n) is 9.38. The quantitative estimate of drug-likeness (QED) is 0.730. The van der Waals surface area contributed by atoms with Crippen molar-refractivity contribution in [3.63, 3.8) is 0 Å². The SMILES string of the molecule is COc1ccc(CNC2CCN(c3ccc(-n4cncn4)cc3)CC2)cc1. The maximum absolute atomic E-state index is 5.21. The number of hydrogen-bond donors (Lipinski definition) is 1. The Hall–Kier alpha value is -2.86. The normalized spacial score (nSPS) is 15.1. The molecule has 0 radical (unpaired) electrons. The number of anilines is 1. The Labute approximate surface area is 159 Å². The molecular weight excluding hydrogens is 338 g/mol. The van der Waals surface area contributed by atoms with E-state index in [1.165, 1.54) is 11.3 Å². The van der Waals surface area contributed by atoms with Gasteiger partial charge in [0.2, 0.25) is 0 Å². The number of ether oxygens (including phenoxy) is 1. The van der Waals surface area contributed by atoms with Crippen LogP contribution in [0.25, 0.3) is 5.69 Å². The number of nitrogens with zero attached hydrogens (tertiary/aromatic N) is 4. The zero-order valence-corrected chi connectivity index (χ0v) is 15.6. The van der Waals surface area contributed by atoms with Crippen LogP contribution in [0.1, 0.15) is 18.4 Å². The average Bonchev–Trinajstić information content (AvgIpc) is 3.28. The minimum Gasteiger partial charge on any atom is -0.497 e. The molecule has 0 aliphatic carbocycles. The molecule has 1 fully saturated rings. The summed E-state index contributed by atoms with van der Waals surface area (Å²) in [6.45, 7) is 3.05. The second-order valence-electron chi connectivity index (χ2n) is 6.85. The molecule has 0 atom stereocenters. The van der Waals surface area contributed by atoms with Crippen molar-refractivity contribution >= 4 is 5.69 Å². The van der Waals surface area contributed by atoms with Gasteiger partial charge in [-0.2, -0.15) is 5.10 Å². The van der Waals surface area contributed by atoms with Crippen molar-refractivity contribution in [1.29, 1.82) is 0 Å². The Morgan fingerprint density at radius 2 is 1.70 bits per heavy atom.